The van der Waals surface area contributed by atoms with Crippen LogP contribution < -0.4 is 5.32 Å². The van der Waals surface area contributed by atoms with Crippen molar-refractivity contribution >= 4 is 69.0 Å². The monoisotopic (exact) mass is 401 g/mol. The van der Waals surface area contributed by atoms with Crippen LogP contribution >= 0.6 is 46.4 Å². The van der Waals surface area contributed by atoms with Crippen LogP contribution in [0.2, 0.25) is 20.1 Å². The van der Waals surface area contributed by atoms with Crippen molar-refractivity contribution in [3.8, 4) is 0 Å². The van der Waals surface area contributed by atoms with Gasteiger partial charge in [-0.05, 0) is 36.8 Å². The van der Waals surface area contributed by atoms with Gasteiger partial charge in [0, 0.05) is 16.0 Å². The Morgan fingerprint density at radius 3 is 2.46 bits per heavy atom. The summed E-state index contributed by atoms with van der Waals surface area (Å²) in [6, 6.07) is 6.63. The lowest BCUT2D eigenvalue weighted by molar-refractivity contribution is -0.115. The van der Waals surface area contributed by atoms with E-state index in [9.17, 15) is 4.79 Å². The summed E-state index contributed by atoms with van der Waals surface area (Å²) in [6.45, 7) is 1.89. The van der Waals surface area contributed by atoms with E-state index in [-0.39, 0.29) is 12.3 Å². The molecule has 0 bridgehead atoms. The molecule has 7 heteroatoms. The molecule has 1 amide bonds. The lowest BCUT2D eigenvalue weighted by Gasteiger charge is -2.08. The van der Waals surface area contributed by atoms with Crippen molar-refractivity contribution in [2.75, 3.05) is 5.32 Å². The number of halogens is 4. The molecule has 0 aliphatic carbocycles. The van der Waals surface area contributed by atoms with Crippen molar-refractivity contribution in [1.29, 1.82) is 0 Å². The molecule has 1 heterocycles. The number of hydrogen-bond donors (Lipinski definition) is 1. The van der Waals surface area contributed by atoms with Crippen LogP contribution in [-0.2, 0) is 11.2 Å². The van der Waals surface area contributed by atoms with E-state index in [4.69, 9.17) is 50.8 Å². The summed E-state index contributed by atoms with van der Waals surface area (Å²) in [4.78, 5) is 12.3. The van der Waals surface area contributed by atoms with Crippen LogP contribution in [0.5, 0.6) is 0 Å². The molecule has 0 atom stereocenters. The first-order valence-corrected chi connectivity index (χ1v) is 8.47. The molecule has 1 aromatic heterocycles. The second-order valence-corrected chi connectivity index (χ2v) is 6.96. The summed E-state index contributed by atoms with van der Waals surface area (Å²) >= 11 is 24.0. The van der Waals surface area contributed by atoms with Crippen LogP contribution in [0.4, 0.5) is 5.69 Å². The zero-order valence-corrected chi connectivity index (χ0v) is 15.4. The van der Waals surface area contributed by atoms with Crippen molar-refractivity contribution in [3.05, 3.63) is 61.7 Å². The van der Waals surface area contributed by atoms with E-state index in [1.54, 1.807) is 12.3 Å². The molecule has 24 heavy (non-hydrogen) atoms. The van der Waals surface area contributed by atoms with Gasteiger partial charge in [0.25, 0.3) is 0 Å². The van der Waals surface area contributed by atoms with Gasteiger partial charge in [-0.2, -0.15) is 0 Å². The number of fused-ring (bicyclic) bond motifs is 1. The molecule has 0 saturated heterocycles. The molecule has 124 valence electrons. The Labute approximate surface area is 158 Å². The Hall–Kier alpha value is -1.39. The topological polar surface area (TPSA) is 42.2 Å². The highest BCUT2D eigenvalue weighted by atomic mass is 35.5. The Morgan fingerprint density at radius 2 is 1.71 bits per heavy atom. The number of anilines is 1. The third kappa shape index (κ3) is 3.50. The quantitative estimate of drug-likeness (QED) is 0.505. The lowest BCUT2D eigenvalue weighted by Crippen LogP contribution is -2.14. The summed E-state index contributed by atoms with van der Waals surface area (Å²) in [5.41, 5.74) is 2.74. The van der Waals surface area contributed by atoms with Gasteiger partial charge in [0.1, 0.15) is 5.58 Å². The van der Waals surface area contributed by atoms with Gasteiger partial charge in [0.05, 0.1) is 33.4 Å². The Bertz CT molecular complexity index is 949. The molecule has 2 aromatic carbocycles. The molecule has 3 rings (SSSR count). The van der Waals surface area contributed by atoms with Crippen molar-refractivity contribution in [1.82, 2.24) is 0 Å². The number of carbonyl (C=O) groups is 1. The summed E-state index contributed by atoms with van der Waals surface area (Å²) in [7, 11) is 0. The van der Waals surface area contributed by atoms with Crippen LogP contribution in [0.15, 0.2) is 34.9 Å². The fourth-order valence-corrected chi connectivity index (χ4v) is 3.08. The first-order valence-electron chi connectivity index (χ1n) is 6.96. The second kappa shape index (κ2) is 6.85. The van der Waals surface area contributed by atoms with E-state index in [1.165, 1.54) is 12.1 Å². The van der Waals surface area contributed by atoms with Crippen LogP contribution in [0, 0.1) is 6.92 Å². The van der Waals surface area contributed by atoms with Gasteiger partial charge in [-0.15, -0.1) is 0 Å². The highest BCUT2D eigenvalue weighted by Gasteiger charge is 2.14. The van der Waals surface area contributed by atoms with Gasteiger partial charge < -0.3 is 9.73 Å². The standard InChI is InChI=1S/C17H11Cl4NO2/c1-8-2-16-10(4-11(8)18)9(7-24-16)3-17(23)22-15-6-13(20)12(19)5-14(15)21/h2,4-7H,3H2,1H3,(H,22,23). The molecule has 0 aliphatic rings. The fraction of sp³-hybridized carbons (Fsp3) is 0.118. The Morgan fingerprint density at radius 1 is 1.00 bits per heavy atom. The van der Waals surface area contributed by atoms with Crippen molar-refractivity contribution in [2.24, 2.45) is 0 Å². The van der Waals surface area contributed by atoms with Crippen LogP contribution in [0.1, 0.15) is 11.1 Å². The van der Waals surface area contributed by atoms with E-state index in [0.29, 0.717) is 31.4 Å². The van der Waals surface area contributed by atoms with E-state index in [2.05, 4.69) is 5.32 Å². The highest BCUT2D eigenvalue weighted by Crippen LogP contribution is 2.33. The van der Waals surface area contributed by atoms with Crippen LogP contribution in [0.25, 0.3) is 11.0 Å². The molecule has 3 aromatic rings. The largest absolute Gasteiger partial charge is 0.464 e. The first-order chi connectivity index (χ1) is 11.3. The first kappa shape index (κ1) is 17.4. The van der Waals surface area contributed by atoms with E-state index in [1.807, 2.05) is 13.0 Å². The van der Waals surface area contributed by atoms with E-state index in [0.717, 1.165) is 16.5 Å². The summed E-state index contributed by atoms with van der Waals surface area (Å²) in [5.74, 6) is -0.255. The molecule has 0 unspecified atom stereocenters. The summed E-state index contributed by atoms with van der Waals surface area (Å²) in [5, 5.41) is 5.10. The molecule has 0 saturated carbocycles. The molecule has 3 nitrogen and oxygen atoms in total. The van der Waals surface area contributed by atoms with Gasteiger partial charge in [0.15, 0.2) is 0 Å². The predicted molar refractivity (Wildman–Crippen MR) is 99.8 cm³/mol. The average Bonchev–Trinajstić information content (AvgIpc) is 2.87. The van der Waals surface area contributed by atoms with Gasteiger partial charge in [-0.25, -0.2) is 0 Å². The van der Waals surface area contributed by atoms with Crippen LogP contribution in [0.3, 0.4) is 0 Å². The van der Waals surface area contributed by atoms with Crippen molar-refractivity contribution < 1.29 is 9.21 Å². The fourth-order valence-electron chi connectivity index (χ4n) is 2.32. The number of benzene rings is 2. The highest BCUT2D eigenvalue weighted by molar-refractivity contribution is 6.44. The van der Waals surface area contributed by atoms with Crippen LogP contribution in [-0.4, -0.2) is 5.91 Å². The molecular weight excluding hydrogens is 392 g/mol. The normalized spacial score (nSPS) is 11.0. The summed E-state index contributed by atoms with van der Waals surface area (Å²) < 4.78 is 5.49. The lowest BCUT2D eigenvalue weighted by atomic mass is 10.1. The minimum absolute atomic E-state index is 0.114. The SMILES string of the molecule is Cc1cc2occ(CC(=O)Nc3cc(Cl)c(Cl)cc3Cl)c2cc1Cl. The molecule has 0 spiro atoms. The van der Waals surface area contributed by atoms with E-state index >= 15 is 0 Å². The molecule has 0 aliphatic heterocycles. The number of furan rings is 1. The maximum atomic E-state index is 12.3. The molecular formula is C17H11Cl4NO2. The Kier molecular flexibility index (Phi) is 4.97. The number of aryl methyl sites for hydroxylation is 1. The van der Waals surface area contributed by atoms with Crippen molar-refractivity contribution in [2.45, 2.75) is 13.3 Å². The number of hydrogen-bond acceptors (Lipinski definition) is 2. The minimum atomic E-state index is -0.255. The predicted octanol–water partition coefficient (Wildman–Crippen LogP) is 6.54. The smallest absolute Gasteiger partial charge is 0.228 e. The van der Waals surface area contributed by atoms with Gasteiger partial charge in [0.2, 0.25) is 5.91 Å². The average molecular weight is 403 g/mol. The minimum Gasteiger partial charge on any atom is -0.464 e. The van der Waals surface area contributed by atoms with Crippen molar-refractivity contribution in [3.63, 3.8) is 0 Å². The molecule has 0 fully saturated rings. The van der Waals surface area contributed by atoms with Gasteiger partial charge in [-0.1, -0.05) is 46.4 Å². The maximum absolute atomic E-state index is 12.3. The number of carbonyl (C=O) groups excluding carboxylic acids is 1. The van der Waals surface area contributed by atoms with E-state index < -0.39 is 0 Å². The van der Waals surface area contributed by atoms with Gasteiger partial charge in [-0.3, -0.25) is 4.79 Å². The second-order valence-electron chi connectivity index (χ2n) is 5.33. The number of amides is 1. The number of rotatable bonds is 3. The van der Waals surface area contributed by atoms with Gasteiger partial charge >= 0.3 is 0 Å². The Balaban J connectivity index is 1.83. The third-order valence-corrected chi connectivity index (χ3v) is 5.01. The zero-order valence-electron chi connectivity index (χ0n) is 12.4. The third-order valence-electron chi connectivity index (χ3n) is 3.57. The maximum Gasteiger partial charge on any atom is 0.228 e. The molecule has 0 radical (unpaired) electrons. The number of nitrogens with one attached hydrogen (secondary N) is 1. The summed E-state index contributed by atoms with van der Waals surface area (Å²) in [6.07, 6.45) is 1.67. The molecule has 1 N–H and O–H groups in total. The zero-order chi connectivity index (χ0) is 17.4.